The molecule has 1 saturated heterocycles. The van der Waals surface area contributed by atoms with Crippen molar-refractivity contribution in [1.29, 1.82) is 0 Å². The molecule has 0 spiro atoms. The molecule has 0 amide bonds. The molecule has 4 N–H and O–H groups in total. The first-order valence-corrected chi connectivity index (χ1v) is 5.82. The summed E-state index contributed by atoms with van der Waals surface area (Å²) in [6.45, 7) is 0.562. The van der Waals surface area contributed by atoms with Crippen LogP contribution in [0.15, 0.2) is 17.1 Å². The molecule has 7 nitrogen and oxygen atoms in total. The van der Waals surface area contributed by atoms with Crippen LogP contribution in [0.3, 0.4) is 0 Å². The van der Waals surface area contributed by atoms with Gasteiger partial charge in [-0.2, -0.15) is 4.98 Å². The zero-order valence-corrected chi connectivity index (χ0v) is 10.4. The first-order chi connectivity index (χ1) is 8.86. The molecular formula is C11H16FN3O4. The second-order valence-electron chi connectivity index (χ2n) is 4.73. The Morgan fingerprint density at radius 3 is 2.89 bits per heavy atom. The zero-order chi connectivity index (χ0) is 14.2. The van der Waals surface area contributed by atoms with E-state index in [0.29, 0.717) is 0 Å². The molecule has 1 aliphatic rings. The van der Waals surface area contributed by atoms with E-state index in [9.17, 15) is 14.3 Å². The molecule has 0 bridgehead atoms. The predicted molar refractivity (Wildman–Crippen MR) is 64.2 cm³/mol. The third-order valence-corrected chi connectivity index (χ3v) is 3.34. The van der Waals surface area contributed by atoms with Gasteiger partial charge in [-0.25, -0.2) is 9.18 Å². The highest BCUT2D eigenvalue weighted by Crippen LogP contribution is 2.35. The molecule has 19 heavy (non-hydrogen) atoms. The molecule has 1 aromatic heterocycles. The van der Waals surface area contributed by atoms with Crippen molar-refractivity contribution in [3.63, 3.8) is 0 Å². The molecule has 106 valence electrons. The Balaban J connectivity index is 2.21. The van der Waals surface area contributed by atoms with Gasteiger partial charge >= 0.3 is 5.69 Å². The van der Waals surface area contributed by atoms with Crippen molar-refractivity contribution in [3.05, 3.63) is 22.7 Å². The maximum absolute atomic E-state index is 14.4. The number of aliphatic hydroxyl groups is 2. The van der Waals surface area contributed by atoms with Gasteiger partial charge in [0, 0.05) is 6.20 Å². The minimum atomic E-state index is -2.06. The summed E-state index contributed by atoms with van der Waals surface area (Å²) in [5.41, 5.74) is 2.67. The van der Waals surface area contributed by atoms with Gasteiger partial charge in [-0.05, 0) is 13.0 Å². The van der Waals surface area contributed by atoms with Gasteiger partial charge in [0.1, 0.15) is 24.1 Å². The number of hydrogen-bond acceptors (Lipinski definition) is 6. The number of nitrogens with two attached hydrogens (primary N) is 1. The Hall–Kier alpha value is -1.51. The van der Waals surface area contributed by atoms with Gasteiger partial charge < -0.3 is 20.7 Å². The first-order valence-electron chi connectivity index (χ1n) is 5.82. The summed E-state index contributed by atoms with van der Waals surface area (Å²) in [5.74, 6) is 0.0740. The first kappa shape index (κ1) is 13.9. The normalized spacial score (nSPS) is 34.6. The minimum absolute atomic E-state index is 0.0740. The van der Waals surface area contributed by atoms with Crippen molar-refractivity contribution < 1.29 is 19.3 Å². The average molecular weight is 273 g/mol. The average Bonchev–Trinajstić information content (AvgIpc) is 2.56. The van der Waals surface area contributed by atoms with Crippen LogP contribution in [0.5, 0.6) is 0 Å². The van der Waals surface area contributed by atoms with Crippen molar-refractivity contribution in [2.45, 2.75) is 37.4 Å². The smallest absolute Gasteiger partial charge is 0.349 e. The maximum atomic E-state index is 14.4. The molecule has 0 radical (unpaired) electrons. The van der Waals surface area contributed by atoms with Crippen LogP contribution >= 0.6 is 0 Å². The summed E-state index contributed by atoms with van der Waals surface area (Å²) in [5, 5.41) is 18.7. The van der Waals surface area contributed by atoms with E-state index in [1.165, 1.54) is 19.2 Å². The largest absolute Gasteiger partial charge is 0.394 e. The van der Waals surface area contributed by atoms with Crippen molar-refractivity contribution in [3.8, 4) is 0 Å². The molecule has 1 aromatic rings. The Labute approximate surface area is 108 Å². The third-order valence-electron chi connectivity index (χ3n) is 3.34. The van der Waals surface area contributed by atoms with Crippen molar-refractivity contribution in [2.24, 2.45) is 0 Å². The summed E-state index contributed by atoms with van der Waals surface area (Å²) >= 11 is 0. The number of nitrogens with zero attached hydrogens (tertiary/aromatic N) is 2. The Kier molecular flexibility index (Phi) is 3.57. The second kappa shape index (κ2) is 4.87. The molecule has 0 aliphatic carbocycles. The van der Waals surface area contributed by atoms with Crippen LogP contribution in [-0.4, -0.2) is 50.4 Å². The highest BCUT2D eigenvalue weighted by Gasteiger charge is 2.53. The number of rotatable bonds is 3. The van der Waals surface area contributed by atoms with E-state index in [1.807, 2.05) is 0 Å². The molecule has 0 aromatic carbocycles. The SMILES string of the molecule is CC1(F)C(Cn2ccc(N)nc2=O)OC(CO)C1O. The summed E-state index contributed by atoms with van der Waals surface area (Å²) in [4.78, 5) is 15.1. The maximum Gasteiger partial charge on any atom is 0.349 e. The lowest BCUT2D eigenvalue weighted by molar-refractivity contribution is -0.0277. The summed E-state index contributed by atoms with van der Waals surface area (Å²) in [6.07, 6.45) is -2.12. The van der Waals surface area contributed by atoms with Gasteiger partial charge in [-0.1, -0.05) is 0 Å². The lowest BCUT2D eigenvalue weighted by atomic mass is 9.95. The lowest BCUT2D eigenvalue weighted by Gasteiger charge is -2.24. The number of ether oxygens (including phenoxy) is 1. The van der Waals surface area contributed by atoms with Crippen LogP contribution in [0.2, 0.25) is 0 Å². The van der Waals surface area contributed by atoms with Gasteiger partial charge in [0.2, 0.25) is 0 Å². The number of aliphatic hydroxyl groups excluding tert-OH is 2. The van der Waals surface area contributed by atoms with Gasteiger partial charge in [0.25, 0.3) is 0 Å². The van der Waals surface area contributed by atoms with E-state index < -0.39 is 36.3 Å². The molecular weight excluding hydrogens is 257 g/mol. The van der Waals surface area contributed by atoms with Gasteiger partial charge in [-0.3, -0.25) is 4.57 Å². The van der Waals surface area contributed by atoms with Crippen molar-refractivity contribution in [2.75, 3.05) is 12.3 Å². The predicted octanol–water partition coefficient (Wildman–Crippen LogP) is -1.33. The standard InChI is InChI=1S/C11H16FN3O4/c1-11(12)7(19-6(5-16)9(11)17)4-15-3-2-8(13)14-10(15)18/h2-3,6-7,9,16-17H,4-5H2,1H3,(H2,13,14,18). The van der Waals surface area contributed by atoms with E-state index in [2.05, 4.69) is 4.98 Å². The van der Waals surface area contributed by atoms with E-state index in [1.54, 1.807) is 0 Å². The Morgan fingerprint density at radius 2 is 2.37 bits per heavy atom. The highest BCUT2D eigenvalue weighted by atomic mass is 19.1. The quantitative estimate of drug-likeness (QED) is 0.629. The molecule has 2 rings (SSSR count). The third kappa shape index (κ3) is 2.46. The van der Waals surface area contributed by atoms with E-state index in [4.69, 9.17) is 15.6 Å². The van der Waals surface area contributed by atoms with Crippen molar-refractivity contribution >= 4 is 5.82 Å². The summed E-state index contributed by atoms with van der Waals surface area (Å²) < 4.78 is 20.7. The molecule has 1 fully saturated rings. The summed E-state index contributed by atoms with van der Waals surface area (Å²) in [6, 6.07) is 1.41. The monoisotopic (exact) mass is 273 g/mol. The van der Waals surface area contributed by atoms with Crippen LogP contribution in [0.4, 0.5) is 10.2 Å². The van der Waals surface area contributed by atoms with Crippen molar-refractivity contribution in [1.82, 2.24) is 9.55 Å². The molecule has 0 saturated carbocycles. The molecule has 1 aliphatic heterocycles. The van der Waals surface area contributed by atoms with Crippen LogP contribution < -0.4 is 11.4 Å². The van der Waals surface area contributed by atoms with Crippen LogP contribution in [-0.2, 0) is 11.3 Å². The Bertz CT molecular complexity index is 519. The molecule has 8 heteroatoms. The fourth-order valence-electron chi connectivity index (χ4n) is 2.10. The number of nitrogen functional groups attached to an aromatic ring is 1. The topological polar surface area (TPSA) is 111 Å². The van der Waals surface area contributed by atoms with Crippen LogP contribution in [0.25, 0.3) is 0 Å². The van der Waals surface area contributed by atoms with E-state index in [0.717, 1.165) is 4.57 Å². The second-order valence-corrected chi connectivity index (χ2v) is 4.73. The molecule has 2 heterocycles. The summed E-state index contributed by atoms with van der Waals surface area (Å²) in [7, 11) is 0. The van der Waals surface area contributed by atoms with Gasteiger partial charge in [0.05, 0.1) is 13.2 Å². The number of alkyl halides is 1. The van der Waals surface area contributed by atoms with Gasteiger partial charge in [-0.15, -0.1) is 0 Å². The van der Waals surface area contributed by atoms with E-state index in [-0.39, 0.29) is 12.4 Å². The lowest BCUT2D eigenvalue weighted by Crippen LogP contribution is -2.44. The number of halogens is 1. The number of hydrogen-bond donors (Lipinski definition) is 3. The zero-order valence-electron chi connectivity index (χ0n) is 10.4. The molecule has 4 unspecified atom stereocenters. The number of anilines is 1. The van der Waals surface area contributed by atoms with Crippen LogP contribution in [0.1, 0.15) is 6.92 Å². The van der Waals surface area contributed by atoms with Crippen LogP contribution in [0, 0.1) is 0 Å². The van der Waals surface area contributed by atoms with E-state index >= 15 is 0 Å². The fourth-order valence-corrected chi connectivity index (χ4v) is 2.10. The fraction of sp³-hybridized carbons (Fsp3) is 0.636. The Morgan fingerprint density at radius 1 is 1.68 bits per heavy atom. The van der Waals surface area contributed by atoms with Gasteiger partial charge in [0.15, 0.2) is 5.67 Å². The minimum Gasteiger partial charge on any atom is -0.394 e. The highest BCUT2D eigenvalue weighted by molar-refractivity contribution is 5.23. The number of aromatic nitrogens is 2. The molecule has 4 atom stereocenters.